The Morgan fingerprint density at radius 2 is 2.19 bits per heavy atom. The Labute approximate surface area is 159 Å². The highest BCUT2D eigenvalue weighted by Crippen LogP contribution is 2.28. The fraction of sp³-hybridized carbons (Fsp3) is 0.412. The fourth-order valence-electron chi connectivity index (χ4n) is 3.11. The third-order valence-electron chi connectivity index (χ3n) is 4.44. The van der Waals surface area contributed by atoms with E-state index in [9.17, 15) is 4.79 Å². The van der Waals surface area contributed by atoms with Crippen LogP contribution >= 0.6 is 23.1 Å². The Morgan fingerprint density at radius 1 is 1.38 bits per heavy atom. The molecule has 1 aliphatic rings. The maximum atomic E-state index is 12.3. The van der Waals surface area contributed by atoms with Crippen molar-refractivity contribution in [2.24, 2.45) is 0 Å². The zero-order chi connectivity index (χ0) is 18.1. The Hall–Kier alpha value is -1.97. The van der Waals surface area contributed by atoms with E-state index in [4.69, 9.17) is 0 Å². The number of carbonyl (C=O) groups is 1. The van der Waals surface area contributed by atoms with Crippen LogP contribution in [0.4, 0.5) is 5.69 Å². The molecule has 1 atom stereocenters. The van der Waals surface area contributed by atoms with Crippen molar-refractivity contribution in [2.45, 2.75) is 37.1 Å². The zero-order valence-corrected chi connectivity index (χ0v) is 16.3. The van der Waals surface area contributed by atoms with E-state index in [1.54, 1.807) is 4.52 Å². The van der Waals surface area contributed by atoms with E-state index >= 15 is 0 Å². The summed E-state index contributed by atoms with van der Waals surface area (Å²) in [6.45, 7) is 5.00. The molecule has 1 amide bonds. The molecule has 3 heterocycles. The van der Waals surface area contributed by atoms with Gasteiger partial charge in [0.05, 0.1) is 11.8 Å². The van der Waals surface area contributed by atoms with Crippen molar-refractivity contribution < 1.29 is 4.79 Å². The van der Waals surface area contributed by atoms with Gasteiger partial charge in [0.25, 0.3) is 0 Å². The molecular formula is C17H20N6OS2. The largest absolute Gasteiger partial charge is 0.325 e. The van der Waals surface area contributed by atoms with Crippen LogP contribution in [0.3, 0.4) is 0 Å². The third-order valence-corrected chi connectivity index (χ3v) is 6.47. The van der Waals surface area contributed by atoms with Gasteiger partial charge in [-0.15, -0.1) is 15.3 Å². The molecule has 0 bridgehead atoms. The Bertz CT molecular complexity index is 924. The second kappa shape index (κ2) is 7.34. The third kappa shape index (κ3) is 3.46. The van der Waals surface area contributed by atoms with E-state index in [2.05, 4.69) is 25.9 Å². The molecule has 0 unspecified atom stereocenters. The number of hydrogen-bond donors (Lipinski definition) is 2. The van der Waals surface area contributed by atoms with Gasteiger partial charge in [-0.05, 0) is 44.4 Å². The van der Waals surface area contributed by atoms with E-state index in [1.807, 2.05) is 32.0 Å². The first kappa shape index (κ1) is 17.4. The number of rotatable bonds is 5. The van der Waals surface area contributed by atoms with Crippen molar-refractivity contribution in [3.63, 3.8) is 0 Å². The van der Waals surface area contributed by atoms with Crippen LogP contribution in [-0.2, 0) is 4.79 Å². The molecule has 1 saturated heterocycles. The molecule has 7 nitrogen and oxygen atoms in total. The van der Waals surface area contributed by atoms with Gasteiger partial charge in [0.15, 0.2) is 10.2 Å². The van der Waals surface area contributed by atoms with Crippen LogP contribution in [0.5, 0.6) is 0 Å². The molecule has 4 rings (SSSR count). The minimum Gasteiger partial charge on any atom is -0.325 e. The van der Waals surface area contributed by atoms with Crippen LogP contribution in [0.1, 0.15) is 35.8 Å². The van der Waals surface area contributed by atoms with Crippen molar-refractivity contribution in [3.05, 3.63) is 35.2 Å². The molecule has 0 saturated carbocycles. The smallest absolute Gasteiger partial charge is 0.235 e. The fourth-order valence-corrected chi connectivity index (χ4v) is 4.79. The first-order valence-electron chi connectivity index (χ1n) is 8.56. The van der Waals surface area contributed by atoms with Crippen LogP contribution in [0, 0.1) is 13.8 Å². The molecule has 9 heteroatoms. The van der Waals surface area contributed by atoms with Crippen molar-refractivity contribution >= 4 is 39.7 Å². The van der Waals surface area contributed by atoms with Gasteiger partial charge in [-0.25, -0.2) is 0 Å². The van der Waals surface area contributed by atoms with E-state index in [1.165, 1.54) is 23.1 Å². The van der Waals surface area contributed by atoms with Gasteiger partial charge in [0.1, 0.15) is 0 Å². The van der Waals surface area contributed by atoms with Crippen molar-refractivity contribution in [2.75, 3.05) is 17.6 Å². The predicted octanol–water partition coefficient (Wildman–Crippen LogP) is 2.96. The van der Waals surface area contributed by atoms with Gasteiger partial charge < -0.3 is 10.6 Å². The number of thioether (sulfide) groups is 1. The molecule has 2 N–H and O–H groups in total. The molecule has 26 heavy (non-hydrogen) atoms. The average Bonchev–Trinajstić information content (AvgIpc) is 3.32. The zero-order valence-electron chi connectivity index (χ0n) is 14.7. The molecule has 3 aromatic rings. The van der Waals surface area contributed by atoms with E-state index in [0.29, 0.717) is 5.75 Å². The van der Waals surface area contributed by atoms with Gasteiger partial charge >= 0.3 is 0 Å². The molecule has 1 aromatic carbocycles. The number of hydrogen-bond acceptors (Lipinski definition) is 7. The summed E-state index contributed by atoms with van der Waals surface area (Å²) >= 11 is 2.89. The summed E-state index contributed by atoms with van der Waals surface area (Å²) in [6.07, 6.45) is 2.20. The number of fused-ring (bicyclic) bond motifs is 1. The summed E-state index contributed by atoms with van der Waals surface area (Å²) in [4.78, 5) is 13.1. The van der Waals surface area contributed by atoms with Crippen LogP contribution in [0.2, 0.25) is 0 Å². The maximum absolute atomic E-state index is 12.3. The summed E-state index contributed by atoms with van der Waals surface area (Å²) < 4.78 is 2.63. The highest BCUT2D eigenvalue weighted by Gasteiger charge is 2.23. The lowest BCUT2D eigenvalue weighted by Gasteiger charge is -2.10. The highest BCUT2D eigenvalue weighted by atomic mass is 32.2. The number of para-hydroxylation sites is 1. The Balaban J connectivity index is 1.42. The number of anilines is 1. The van der Waals surface area contributed by atoms with Gasteiger partial charge in [-0.2, -0.15) is 4.52 Å². The molecule has 1 fully saturated rings. The first-order chi connectivity index (χ1) is 12.6. The Morgan fingerprint density at radius 3 is 2.92 bits per heavy atom. The monoisotopic (exact) mass is 388 g/mol. The lowest BCUT2D eigenvalue weighted by Crippen LogP contribution is -2.16. The van der Waals surface area contributed by atoms with Crippen molar-refractivity contribution in [1.82, 2.24) is 25.1 Å². The van der Waals surface area contributed by atoms with Gasteiger partial charge in [-0.3, -0.25) is 4.79 Å². The number of nitrogens with one attached hydrogen (secondary N) is 2. The van der Waals surface area contributed by atoms with E-state index in [0.717, 1.165) is 51.3 Å². The molecular weight excluding hydrogens is 368 g/mol. The number of amides is 1. The minimum atomic E-state index is -0.0314. The molecule has 136 valence electrons. The summed E-state index contributed by atoms with van der Waals surface area (Å²) in [7, 11) is 0. The normalized spacial score (nSPS) is 17.1. The number of aromatic nitrogens is 4. The molecule has 2 aromatic heterocycles. The summed E-state index contributed by atoms with van der Waals surface area (Å²) in [5, 5.41) is 19.5. The molecule has 0 spiro atoms. The lowest BCUT2D eigenvalue weighted by atomic mass is 10.1. The van der Waals surface area contributed by atoms with Gasteiger partial charge in [-0.1, -0.05) is 41.3 Å². The minimum absolute atomic E-state index is 0.0314. The van der Waals surface area contributed by atoms with Crippen LogP contribution in [0.15, 0.2) is 22.5 Å². The SMILES string of the molecule is Cc1cccc(C)c1NC(=O)CSc1nn2c([C@H]3CCCN3)nnc2s1. The molecule has 1 aliphatic heterocycles. The van der Waals surface area contributed by atoms with E-state index < -0.39 is 0 Å². The maximum Gasteiger partial charge on any atom is 0.235 e. The number of carbonyl (C=O) groups excluding carboxylic acids is 1. The molecule has 0 aliphatic carbocycles. The highest BCUT2D eigenvalue weighted by molar-refractivity contribution is 8.01. The van der Waals surface area contributed by atoms with Crippen LogP contribution in [0.25, 0.3) is 4.96 Å². The average molecular weight is 389 g/mol. The van der Waals surface area contributed by atoms with E-state index in [-0.39, 0.29) is 11.9 Å². The predicted molar refractivity (Wildman–Crippen MR) is 104 cm³/mol. The number of benzene rings is 1. The van der Waals surface area contributed by atoms with Crippen molar-refractivity contribution in [3.8, 4) is 0 Å². The second-order valence-electron chi connectivity index (χ2n) is 6.37. The molecule has 0 radical (unpaired) electrons. The second-order valence-corrected chi connectivity index (χ2v) is 8.55. The standard InChI is InChI=1S/C17H20N6OS2/c1-10-5-3-6-11(2)14(10)19-13(24)9-25-17-22-23-15(12-7-4-8-18-12)20-21-16(23)26-17/h3,5-6,12,18H,4,7-9H2,1-2H3,(H,19,24)/t12-/m1/s1. The van der Waals surface area contributed by atoms with Gasteiger partial charge in [0.2, 0.25) is 10.9 Å². The van der Waals surface area contributed by atoms with Gasteiger partial charge in [0, 0.05) is 5.69 Å². The summed E-state index contributed by atoms with van der Waals surface area (Å²) in [6, 6.07) is 6.21. The quantitative estimate of drug-likeness (QED) is 0.654. The van der Waals surface area contributed by atoms with Crippen molar-refractivity contribution in [1.29, 1.82) is 0 Å². The number of nitrogens with zero attached hydrogens (tertiary/aromatic N) is 4. The van der Waals surface area contributed by atoms with Crippen LogP contribution in [-0.4, -0.2) is 38.0 Å². The lowest BCUT2D eigenvalue weighted by molar-refractivity contribution is -0.113. The van der Waals surface area contributed by atoms with Crippen LogP contribution < -0.4 is 10.6 Å². The summed E-state index contributed by atoms with van der Waals surface area (Å²) in [5.74, 6) is 1.14. The Kier molecular flexibility index (Phi) is 4.92. The first-order valence-corrected chi connectivity index (χ1v) is 10.4. The topological polar surface area (TPSA) is 84.2 Å². The number of aryl methyl sites for hydroxylation is 2. The summed E-state index contributed by atoms with van der Waals surface area (Å²) in [5.41, 5.74) is 3.03.